The summed E-state index contributed by atoms with van der Waals surface area (Å²) < 4.78 is 2.11. The normalized spacial score (nSPS) is 12.1. The van der Waals surface area contributed by atoms with Crippen molar-refractivity contribution in [2.75, 3.05) is 6.26 Å². The van der Waals surface area contributed by atoms with Crippen LogP contribution in [0.5, 0.6) is 0 Å². The van der Waals surface area contributed by atoms with Crippen LogP contribution in [0.3, 0.4) is 0 Å². The summed E-state index contributed by atoms with van der Waals surface area (Å²) in [5.41, 5.74) is 2.22. The summed E-state index contributed by atoms with van der Waals surface area (Å²) in [6.07, 6.45) is 2.02. The van der Waals surface area contributed by atoms with Gasteiger partial charge in [-0.25, -0.2) is 4.98 Å². The number of hydrogen-bond acceptors (Lipinski definition) is 5. The zero-order chi connectivity index (χ0) is 13.7. The van der Waals surface area contributed by atoms with Crippen molar-refractivity contribution in [1.82, 2.24) is 19.6 Å². The van der Waals surface area contributed by atoms with Crippen molar-refractivity contribution in [3.05, 3.63) is 16.3 Å². The van der Waals surface area contributed by atoms with Gasteiger partial charge >= 0.3 is 0 Å². The Hall–Kier alpha value is -1.14. The van der Waals surface area contributed by atoms with E-state index in [1.807, 2.05) is 6.26 Å². The Morgan fingerprint density at radius 1 is 1.21 bits per heavy atom. The van der Waals surface area contributed by atoms with Crippen LogP contribution in [0.25, 0.3) is 15.9 Å². The van der Waals surface area contributed by atoms with Gasteiger partial charge in [0.25, 0.3) is 0 Å². The van der Waals surface area contributed by atoms with Gasteiger partial charge in [0.2, 0.25) is 0 Å². The number of fused-ring (bicyclic) bond motifs is 3. The van der Waals surface area contributed by atoms with Gasteiger partial charge in [0.15, 0.2) is 10.8 Å². The van der Waals surface area contributed by atoms with Crippen molar-refractivity contribution in [3.8, 4) is 0 Å². The fourth-order valence-corrected chi connectivity index (χ4v) is 3.78. The van der Waals surface area contributed by atoms with Gasteiger partial charge < -0.3 is 0 Å². The van der Waals surface area contributed by atoms with Gasteiger partial charge in [-0.2, -0.15) is 0 Å². The Bertz CT molecular complexity index is 770. The molecule has 0 radical (unpaired) electrons. The molecule has 0 saturated heterocycles. The van der Waals surface area contributed by atoms with Crippen molar-refractivity contribution >= 4 is 39.0 Å². The minimum absolute atomic E-state index is 0.344. The maximum atomic E-state index is 4.85. The van der Waals surface area contributed by atoms with E-state index in [4.69, 9.17) is 4.98 Å². The highest BCUT2D eigenvalue weighted by Gasteiger charge is 2.19. The molecule has 0 aliphatic rings. The van der Waals surface area contributed by atoms with Crippen LogP contribution >= 0.6 is 23.1 Å². The molecule has 0 aliphatic heterocycles. The molecule has 3 heterocycles. The molecule has 4 nitrogen and oxygen atoms in total. The monoisotopic (exact) mass is 292 g/mol. The average Bonchev–Trinajstić information content (AvgIpc) is 2.90. The summed E-state index contributed by atoms with van der Waals surface area (Å²) in [6.45, 7) is 8.59. The van der Waals surface area contributed by atoms with Crippen molar-refractivity contribution < 1.29 is 0 Å². The highest BCUT2D eigenvalue weighted by atomic mass is 32.2. The van der Waals surface area contributed by atoms with Gasteiger partial charge in [0.05, 0.1) is 5.39 Å². The fourth-order valence-electron chi connectivity index (χ4n) is 2.26. The molecule has 0 spiro atoms. The van der Waals surface area contributed by atoms with Crippen LogP contribution in [0, 0.1) is 13.8 Å². The van der Waals surface area contributed by atoms with Gasteiger partial charge in [0, 0.05) is 10.8 Å². The maximum absolute atomic E-state index is 4.85. The molecule has 6 heteroatoms. The van der Waals surface area contributed by atoms with Gasteiger partial charge in [-0.3, -0.25) is 4.40 Å². The number of aromatic nitrogens is 4. The van der Waals surface area contributed by atoms with Gasteiger partial charge in [-0.15, -0.1) is 21.5 Å². The molecule has 0 N–H and O–H groups in total. The molecule has 3 rings (SSSR count). The number of thioether (sulfide) groups is 1. The van der Waals surface area contributed by atoms with Crippen molar-refractivity contribution in [3.63, 3.8) is 0 Å². The molecule has 0 amide bonds. The molecule has 19 heavy (non-hydrogen) atoms. The lowest BCUT2D eigenvalue weighted by atomic mass is 10.2. The van der Waals surface area contributed by atoms with E-state index in [0.29, 0.717) is 5.92 Å². The predicted molar refractivity (Wildman–Crippen MR) is 81.5 cm³/mol. The van der Waals surface area contributed by atoms with Gasteiger partial charge in [-0.05, 0) is 25.7 Å². The Morgan fingerprint density at radius 3 is 2.58 bits per heavy atom. The van der Waals surface area contributed by atoms with E-state index in [9.17, 15) is 0 Å². The third-order valence-electron chi connectivity index (χ3n) is 3.37. The second-order valence-corrected chi connectivity index (χ2v) is 6.91. The molecule has 0 bridgehead atoms. The molecule has 0 atom stereocenters. The van der Waals surface area contributed by atoms with Crippen molar-refractivity contribution in [1.29, 1.82) is 0 Å². The van der Waals surface area contributed by atoms with Crippen LogP contribution < -0.4 is 0 Å². The molecule has 100 valence electrons. The van der Waals surface area contributed by atoms with Gasteiger partial charge in [0.1, 0.15) is 10.7 Å². The Labute approximate surface area is 120 Å². The lowest BCUT2D eigenvalue weighted by Gasteiger charge is -2.09. The lowest BCUT2D eigenvalue weighted by molar-refractivity contribution is 0.729. The van der Waals surface area contributed by atoms with Crippen LogP contribution in [0.2, 0.25) is 0 Å². The first-order chi connectivity index (χ1) is 9.04. The first-order valence-corrected chi connectivity index (χ1v) is 8.27. The van der Waals surface area contributed by atoms with Crippen LogP contribution in [-0.2, 0) is 0 Å². The minimum atomic E-state index is 0.344. The first kappa shape index (κ1) is 12.9. The Balaban J connectivity index is 2.55. The largest absolute Gasteiger partial charge is 0.257 e. The van der Waals surface area contributed by atoms with Crippen LogP contribution in [0.1, 0.15) is 36.0 Å². The van der Waals surface area contributed by atoms with Gasteiger partial charge in [-0.1, -0.05) is 25.6 Å². The second kappa shape index (κ2) is 4.45. The topological polar surface area (TPSA) is 43.1 Å². The molecule has 3 aromatic heterocycles. The highest BCUT2D eigenvalue weighted by Crippen LogP contribution is 2.34. The predicted octanol–water partition coefficient (Wildman–Crippen LogP) is 3.80. The lowest BCUT2D eigenvalue weighted by Crippen LogP contribution is -2.04. The number of hydrogen-bond donors (Lipinski definition) is 0. The first-order valence-electron chi connectivity index (χ1n) is 6.23. The smallest absolute Gasteiger partial charge is 0.196 e. The molecule has 0 aliphatic carbocycles. The molecule has 0 aromatic carbocycles. The standard InChI is InChI=1S/C13H16N4S2/c1-6(2)10-14-12-9(7(3)8(4)19-12)11-15-16-13(18-5)17(10)11/h6H,1-5H3. The summed E-state index contributed by atoms with van der Waals surface area (Å²) in [5, 5.41) is 10.8. The third-order valence-corrected chi connectivity index (χ3v) is 5.10. The number of thiophene rings is 1. The van der Waals surface area contributed by atoms with Crippen LogP contribution in [-0.4, -0.2) is 25.8 Å². The minimum Gasteiger partial charge on any atom is -0.257 e. The molecule has 0 unspecified atom stereocenters. The quantitative estimate of drug-likeness (QED) is 0.674. The Kier molecular flexibility index (Phi) is 3.02. The number of nitrogens with zero attached hydrogens (tertiary/aromatic N) is 4. The third kappa shape index (κ3) is 1.77. The maximum Gasteiger partial charge on any atom is 0.196 e. The number of rotatable bonds is 2. The van der Waals surface area contributed by atoms with Crippen LogP contribution in [0.15, 0.2) is 5.16 Å². The molecular formula is C13H16N4S2. The average molecular weight is 292 g/mol. The SMILES string of the molecule is CSc1nnc2c3c(C)c(C)sc3nc(C(C)C)n12. The summed E-state index contributed by atoms with van der Waals surface area (Å²) in [5.74, 6) is 1.38. The molecule has 0 saturated carbocycles. The molecule has 0 fully saturated rings. The highest BCUT2D eigenvalue weighted by molar-refractivity contribution is 7.98. The summed E-state index contributed by atoms with van der Waals surface area (Å²) in [6, 6.07) is 0. The summed E-state index contributed by atoms with van der Waals surface area (Å²) in [4.78, 5) is 7.23. The van der Waals surface area contributed by atoms with E-state index in [0.717, 1.165) is 26.8 Å². The van der Waals surface area contributed by atoms with Crippen molar-refractivity contribution in [2.24, 2.45) is 0 Å². The van der Waals surface area contributed by atoms with Crippen molar-refractivity contribution in [2.45, 2.75) is 38.8 Å². The summed E-state index contributed by atoms with van der Waals surface area (Å²) in [7, 11) is 0. The molecule has 3 aromatic rings. The molecular weight excluding hydrogens is 276 g/mol. The summed E-state index contributed by atoms with van der Waals surface area (Å²) >= 11 is 3.35. The van der Waals surface area contributed by atoms with E-state index >= 15 is 0 Å². The van der Waals surface area contributed by atoms with E-state index in [2.05, 4.69) is 42.3 Å². The fraction of sp³-hybridized carbons (Fsp3) is 0.462. The van der Waals surface area contributed by atoms with E-state index in [1.54, 1.807) is 23.1 Å². The van der Waals surface area contributed by atoms with E-state index in [-0.39, 0.29) is 0 Å². The Morgan fingerprint density at radius 2 is 1.95 bits per heavy atom. The second-order valence-electron chi connectivity index (χ2n) is 4.93. The van der Waals surface area contributed by atoms with Crippen LogP contribution in [0.4, 0.5) is 0 Å². The zero-order valence-electron chi connectivity index (χ0n) is 11.7. The zero-order valence-corrected chi connectivity index (χ0v) is 13.3. The number of aryl methyl sites for hydroxylation is 2. The van der Waals surface area contributed by atoms with E-state index < -0.39 is 0 Å². The van der Waals surface area contributed by atoms with E-state index in [1.165, 1.54) is 10.4 Å².